The Morgan fingerprint density at radius 1 is 1.39 bits per heavy atom. The highest BCUT2D eigenvalue weighted by atomic mass is 32.2. The van der Waals surface area contributed by atoms with Crippen molar-refractivity contribution in [3.63, 3.8) is 0 Å². The third-order valence-corrected chi connectivity index (χ3v) is 3.51. The highest BCUT2D eigenvalue weighted by Gasteiger charge is 2.12. The molecule has 5 nitrogen and oxygen atoms in total. The summed E-state index contributed by atoms with van der Waals surface area (Å²) in [5, 5.41) is 9.08. The molecule has 0 aliphatic carbocycles. The molecule has 0 bridgehead atoms. The van der Waals surface area contributed by atoms with Gasteiger partial charge in [-0.25, -0.2) is 13.1 Å². The van der Waals surface area contributed by atoms with Crippen molar-refractivity contribution < 1.29 is 18.3 Å². The largest absolute Gasteiger partial charge is 0.508 e. The van der Waals surface area contributed by atoms with E-state index in [0.29, 0.717) is 6.61 Å². The number of phenols is 1. The van der Waals surface area contributed by atoms with Crippen LogP contribution < -0.4 is 4.72 Å². The van der Waals surface area contributed by atoms with E-state index in [0.717, 1.165) is 5.57 Å². The van der Waals surface area contributed by atoms with Gasteiger partial charge in [0, 0.05) is 6.54 Å². The van der Waals surface area contributed by atoms with Crippen LogP contribution in [0.25, 0.3) is 0 Å². The van der Waals surface area contributed by atoms with Crippen molar-refractivity contribution in [3.8, 4) is 5.75 Å². The number of phenolic OH excluding ortho intramolecular Hbond substituents is 1. The number of hydrogen-bond acceptors (Lipinski definition) is 4. The molecule has 0 saturated carbocycles. The molecule has 0 radical (unpaired) electrons. The van der Waals surface area contributed by atoms with Crippen molar-refractivity contribution in [2.75, 3.05) is 19.8 Å². The molecule has 1 aromatic carbocycles. The van der Waals surface area contributed by atoms with E-state index in [1.54, 1.807) is 0 Å². The molecule has 0 saturated heterocycles. The Morgan fingerprint density at radius 3 is 2.56 bits per heavy atom. The zero-order chi connectivity index (χ0) is 13.6. The fourth-order valence-electron chi connectivity index (χ4n) is 1.20. The van der Waals surface area contributed by atoms with E-state index in [4.69, 9.17) is 9.84 Å². The van der Waals surface area contributed by atoms with Gasteiger partial charge in [0.05, 0.1) is 18.1 Å². The molecular formula is C12H17NO4S. The fraction of sp³-hybridized carbons (Fsp3) is 0.333. The van der Waals surface area contributed by atoms with Crippen LogP contribution in [0.15, 0.2) is 41.3 Å². The predicted octanol–water partition coefficient (Wildman–Crippen LogP) is 1.26. The molecule has 0 aliphatic heterocycles. The monoisotopic (exact) mass is 271 g/mol. The number of rotatable bonds is 7. The highest BCUT2D eigenvalue weighted by molar-refractivity contribution is 7.89. The molecule has 18 heavy (non-hydrogen) atoms. The maximum Gasteiger partial charge on any atom is 0.240 e. The molecule has 0 atom stereocenters. The normalized spacial score (nSPS) is 11.4. The van der Waals surface area contributed by atoms with Gasteiger partial charge in [-0.1, -0.05) is 12.2 Å². The lowest BCUT2D eigenvalue weighted by atomic mass is 10.3. The standard InChI is InChI=1S/C12H17NO4S/c1-10(2)9-17-8-7-13-18(15,16)12-5-3-11(14)4-6-12/h3-6,13-14H,1,7-9H2,2H3. The summed E-state index contributed by atoms with van der Waals surface area (Å²) >= 11 is 0. The zero-order valence-corrected chi connectivity index (χ0v) is 11.0. The second kappa shape index (κ2) is 6.53. The molecule has 0 aliphatic rings. The van der Waals surface area contributed by atoms with Crippen LogP contribution >= 0.6 is 0 Å². The van der Waals surface area contributed by atoms with Crippen LogP contribution in [0.2, 0.25) is 0 Å². The summed E-state index contributed by atoms with van der Waals surface area (Å²) in [5.41, 5.74) is 0.886. The maximum atomic E-state index is 11.8. The molecule has 0 amide bonds. The van der Waals surface area contributed by atoms with Gasteiger partial charge < -0.3 is 9.84 Å². The lowest BCUT2D eigenvalue weighted by molar-refractivity contribution is 0.162. The van der Waals surface area contributed by atoms with Gasteiger partial charge in [0.15, 0.2) is 0 Å². The Kier molecular flexibility index (Phi) is 5.33. The molecule has 6 heteroatoms. The number of hydrogen-bond donors (Lipinski definition) is 2. The van der Waals surface area contributed by atoms with Crippen LogP contribution in [-0.4, -0.2) is 33.3 Å². The molecular weight excluding hydrogens is 254 g/mol. The number of benzene rings is 1. The van der Waals surface area contributed by atoms with E-state index in [1.807, 2.05) is 6.92 Å². The molecule has 1 rings (SSSR count). The summed E-state index contributed by atoms with van der Waals surface area (Å²) in [5.74, 6) is 0.0266. The molecule has 0 aromatic heterocycles. The quantitative estimate of drug-likeness (QED) is 0.578. The van der Waals surface area contributed by atoms with Crippen molar-refractivity contribution in [2.24, 2.45) is 0 Å². The van der Waals surface area contributed by atoms with Crippen molar-refractivity contribution in [3.05, 3.63) is 36.4 Å². The molecule has 0 fully saturated rings. The van der Waals surface area contributed by atoms with Crippen LogP contribution in [0.4, 0.5) is 0 Å². The molecule has 0 unspecified atom stereocenters. The van der Waals surface area contributed by atoms with E-state index in [-0.39, 0.29) is 23.8 Å². The first-order valence-corrected chi connectivity index (χ1v) is 6.91. The SMILES string of the molecule is C=C(C)COCCNS(=O)(=O)c1ccc(O)cc1. The summed E-state index contributed by atoms with van der Waals surface area (Å²) in [6.45, 7) is 6.39. The Morgan fingerprint density at radius 2 is 2.00 bits per heavy atom. The van der Waals surface area contributed by atoms with Crippen LogP contribution in [-0.2, 0) is 14.8 Å². The van der Waals surface area contributed by atoms with Crippen LogP contribution in [0.1, 0.15) is 6.92 Å². The summed E-state index contributed by atoms with van der Waals surface area (Å²) < 4.78 is 31.1. The number of ether oxygens (including phenoxy) is 1. The zero-order valence-electron chi connectivity index (χ0n) is 10.2. The van der Waals surface area contributed by atoms with E-state index in [2.05, 4.69) is 11.3 Å². The van der Waals surface area contributed by atoms with Gasteiger partial charge in [-0.2, -0.15) is 0 Å². The van der Waals surface area contributed by atoms with E-state index in [1.165, 1.54) is 24.3 Å². The minimum absolute atomic E-state index is 0.0266. The predicted molar refractivity (Wildman–Crippen MR) is 68.9 cm³/mol. The summed E-state index contributed by atoms with van der Waals surface area (Å²) in [6, 6.07) is 5.33. The van der Waals surface area contributed by atoms with E-state index in [9.17, 15) is 8.42 Å². The average Bonchev–Trinajstić information content (AvgIpc) is 2.28. The average molecular weight is 271 g/mol. The van der Waals surface area contributed by atoms with Crippen molar-refractivity contribution >= 4 is 10.0 Å². The second-order valence-corrected chi connectivity index (χ2v) is 5.67. The van der Waals surface area contributed by atoms with E-state index < -0.39 is 10.0 Å². The maximum absolute atomic E-state index is 11.8. The Labute approximate surface area is 107 Å². The van der Waals surface area contributed by atoms with Gasteiger partial charge in [-0.3, -0.25) is 0 Å². The number of aromatic hydroxyl groups is 1. The van der Waals surface area contributed by atoms with Gasteiger partial charge in [0.1, 0.15) is 5.75 Å². The summed E-state index contributed by atoms with van der Waals surface area (Å²) in [6.07, 6.45) is 0. The summed E-state index contributed by atoms with van der Waals surface area (Å²) in [4.78, 5) is 0.111. The van der Waals surface area contributed by atoms with Gasteiger partial charge in [-0.05, 0) is 31.2 Å². The van der Waals surface area contributed by atoms with Gasteiger partial charge in [0.2, 0.25) is 10.0 Å². The Balaban J connectivity index is 2.45. The van der Waals surface area contributed by atoms with Gasteiger partial charge in [0.25, 0.3) is 0 Å². The first-order chi connectivity index (χ1) is 8.42. The fourth-order valence-corrected chi connectivity index (χ4v) is 2.22. The first kappa shape index (κ1) is 14.7. The minimum Gasteiger partial charge on any atom is -0.508 e. The topological polar surface area (TPSA) is 75.6 Å². The van der Waals surface area contributed by atoms with Crippen molar-refractivity contribution in [2.45, 2.75) is 11.8 Å². The third-order valence-electron chi connectivity index (χ3n) is 2.03. The molecule has 2 N–H and O–H groups in total. The molecule has 1 aromatic rings. The minimum atomic E-state index is -3.54. The van der Waals surface area contributed by atoms with Crippen LogP contribution in [0, 0.1) is 0 Å². The molecule has 0 heterocycles. The van der Waals surface area contributed by atoms with Crippen molar-refractivity contribution in [1.29, 1.82) is 0 Å². The summed E-state index contributed by atoms with van der Waals surface area (Å²) in [7, 11) is -3.54. The number of sulfonamides is 1. The third kappa shape index (κ3) is 4.87. The van der Waals surface area contributed by atoms with E-state index >= 15 is 0 Å². The van der Waals surface area contributed by atoms with Crippen molar-refractivity contribution in [1.82, 2.24) is 4.72 Å². The molecule has 0 spiro atoms. The second-order valence-electron chi connectivity index (χ2n) is 3.90. The lowest BCUT2D eigenvalue weighted by Crippen LogP contribution is -2.27. The number of nitrogens with one attached hydrogen (secondary N) is 1. The van der Waals surface area contributed by atoms with Crippen LogP contribution in [0.3, 0.4) is 0 Å². The lowest BCUT2D eigenvalue weighted by Gasteiger charge is -2.07. The van der Waals surface area contributed by atoms with Crippen LogP contribution in [0.5, 0.6) is 5.75 Å². The smallest absolute Gasteiger partial charge is 0.240 e. The molecule has 100 valence electrons. The first-order valence-electron chi connectivity index (χ1n) is 5.42. The highest BCUT2D eigenvalue weighted by Crippen LogP contribution is 2.13. The Bertz CT molecular complexity index is 493. The van der Waals surface area contributed by atoms with Gasteiger partial charge in [-0.15, -0.1) is 0 Å². The van der Waals surface area contributed by atoms with Gasteiger partial charge >= 0.3 is 0 Å². The Hall–Kier alpha value is -1.37.